The Hall–Kier alpha value is -3.00. The number of hydrogen-bond donors (Lipinski definition) is 1. The van der Waals surface area contributed by atoms with Crippen molar-refractivity contribution in [2.24, 2.45) is 0 Å². The molecule has 2 aromatic rings. The van der Waals surface area contributed by atoms with Crippen LogP contribution in [0.2, 0.25) is 0 Å². The van der Waals surface area contributed by atoms with E-state index in [1.54, 1.807) is 13.2 Å². The normalized spacial score (nSPS) is 11.8. The van der Waals surface area contributed by atoms with Gasteiger partial charge in [-0.2, -0.15) is 0 Å². The summed E-state index contributed by atoms with van der Waals surface area (Å²) in [4.78, 5) is 0. The molecule has 1 N–H and O–H groups in total. The summed E-state index contributed by atoms with van der Waals surface area (Å²) in [6.07, 6.45) is 11.9. The highest BCUT2D eigenvalue weighted by Crippen LogP contribution is 2.27. The Bertz CT molecular complexity index is 784. The Labute approximate surface area is 150 Å². The molecule has 0 aromatic heterocycles. The van der Waals surface area contributed by atoms with E-state index >= 15 is 0 Å². The Morgan fingerprint density at radius 3 is 2.60 bits per heavy atom. The Morgan fingerprint density at radius 1 is 1.08 bits per heavy atom. The molecule has 0 aliphatic carbocycles. The van der Waals surface area contributed by atoms with Gasteiger partial charge < -0.3 is 10.1 Å². The third-order valence-corrected chi connectivity index (χ3v) is 3.77. The first-order chi connectivity index (χ1) is 12.3. The number of anilines is 1. The summed E-state index contributed by atoms with van der Waals surface area (Å²) in [5, 5.41) is 3.54. The van der Waals surface area contributed by atoms with E-state index in [2.05, 4.69) is 42.2 Å². The summed E-state index contributed by atoms with van der Waals surface area (Å²) in [6.45, 7) is 6.44. The van der Waals surface area contributed by atoms with Crippen LogP contribution >= 0.6 is 0 Å². The van der Waals surface area contributed by atoms with Crippen molar-refractivity contribution in [2.45, 2.75) is 6.92 Å². The highest BCUT2D eigenvalue weighted by atomic mass is 16.5. The number of para-hydroxylation sites is 2. The van der Waals surface area contributed by atoms with Crippen LogP contribution in [0.15, 0.2) is 85.5 Å². The summed E-state index contributed by atoms with van der Waals surface area (Å²) in [5.74, 6) is 0.865. The fourth-order valence-electron chi connectivity index (χ4n) is 2.58. The second-order valence-corrected chi connectivity index (χ2v) is 5.45. The van der Waals surface area contributed by atoms with Gasteiger partial charge in [-0.3, -0.25) is 0 Å². The predicted molar refractivity (Wildman–Crippen MR) is 110 cm³/mol. The average Bonchev–Trinajstić information content (AvgIpc) is 2.66. The van der Waals surface area contributed by atoms with Crippen LogP contribution in [-0.2, 0) is 0 Å². The molecule has 0 radical (unpaired) electrons. The van der Waals surface area contributed by atoms with Gasteiger partial charge in [0.25, 0.3) is 0 Å². The number of rotatable bonds is 8. The first-order valence-corrected chi connectivity index (χ1v) is 8.37. The third-order valence-electron chi connectivity index (χ3n) is 3.77. The van der Waals surface area contributed by atoms with Gasteiger partial charge in [-0.05, 0) is 30.2 Å². The molecule has 0 spiro atoms. The van der Waals surface area contributed by atoms with E-state index in [9.17, 15) is 0 Å². The van der Waals surface area contributed by atoms with Crippen LogP contribution in [0.25, 0.3) is 11.6 Å². The van der Waals surface area contributed by atoms with Gasteiger partial charge >= 0.3 is 0 Å². The van der Waals surface area contributed by atoms with Crippen molar-refractivity contribution in [2.75, 3.05) is 19.0 Å². The summed E-state index contributed by atoms with van der Waals surface area (Å²) in [7, 11) is 1.70. The van der Waals surface area contributed by atoms with Crippen LogP contribution in [-0.4, -0.2) is 13.7 Å². The second kappa shape index (κ2) is 9.99. The molecular weight excluding hydrogens is 306 g/mol. The molecule has 0 fully saturated rings. The number of hydrogen-bond acceptors (Lipinski definition) is 2. The maximum absolute atomic E-state index is 5.52. The topological polar surface area (TPSA) is 21.3 Å². The minimum atomic E-state index is 0.691. The molecule has 0 aliphatic rings. The van der Waals surface area contributed by atoms with Gasteiger partial charge in [-0.15, -0.1) is 0 Å². The molecule has 2 nitrogen and oxygen atoms in total. The molecular formula is C23H25NO. The summed E-state index contributed by atoms with van der Waals surface area (Å²) < 4.78 is 5.52. The number of benzene rings is 2. The SMILES string of the molecule is C=C/C=C\C=C(/CNc1ccccc1/C=C\C)c1ccccc1OC. The van der Waals surface area contributed by atoms with Crippen molar-refractivity contribution < 1.29 is 4.74 Å². The van der Waals surface area contributed by atoms with E-state index in [0.717, 1.165) is 22.6 Å². The van der Waals surface area contributed by atoms with Crippen molar-refractivity contribution in [1.29, 1.82) is 0 Å². The zero-order valence-electron chi connectivity index (χ0n) is 14.9. The molecule has 128 valence electrons. The van der Waals surface area contributed by atoms with Gasteiger partial charge in [0, 0.05) is 17.8 Å². The van der Waals surface area contributed by atoms with Crippen LogP contribution in [0.3, 0.4) is 0 Å². The van der Waals surface area contributed by atoms with Gasteiger partial charge in [0.1, 0.15) is 5.75 Å². The largest absolute Gasteiger partial charge is 0.496 e. The first-order valence-electron chi connectivity index (χ1n) is 8.37. The highest BCUT2D eigenvalue weighted by molar-refractivity contribution is 5.76. The maximum Gasteiger partial charge on any atom is 0.126 e. The first kappa shape index (κ1) is 18.3. The van der Waals surface area contributed by atoms with Crippen molar-refractivity contribution in [3.8, 4) is 5.75 Å². The lowest BCUT2D eigenvalue weighted by atomic mass is 10.0. The molecule has 0 unspecified atom stereocenters. The lowest BCUT2D eigenvalue weighted by Crippen LogP contribution is -2.06. The number of allylic oxidation sites excluding steroid dienone is 5. The zero-order valence-corrected chi connectivity index (χ0v) is 14.9. The number of ether oxygens (including phenoxy) is 1. The standard InChI is InChI=1S/C23H25NO/c1-4-6-7-14-20(21-15-9-11-17-23(21)25-3)18-24-22-16-10-8-13-19(22)12-5-2/h4-17,24H,1,18H2,2-3H3/b7-6-,12-5-,20-14+. The molecule has 0 aliphatic heterocycles. The molecule has 25 heavy (non-hydrogen) atoms. The van der Waals surface area contributed by atoms with Crippen LogP contribution < -0.4 is 10.1 Å². The molecule has 2 rings (SSSR count). The minimum Gasteiger partial charge on any atom is -0.496 e. The van der Waals surface area contributed by atoms with Gasteiger partial charge in [0.2, 0.25) is 0 Å². The van der Waals surface area contributed by atoms with E-state index in [1.807, 2.05) is 55.5 Å². The molecule has 0 atom stereocenters. The van der Waals surface area contributed by atoms with Crippen LogP contribution in [0.5, 0.6) is 5.75 Å². The van der Waals surface area contributed by atoms with Gasteiger partial charge in [0.05, 0.1) is 7.11 Å². The fourth-order valence-corrected chi connectivity index (χ4v) is 2.58. The fraction of sp³-hybridized carbons (Fsp3) is 0.130. The molecule has 0 saturated heterocycles. The Balaban J connectivity index is 2.30. The van der Waals surface area contributed by atoms with Crippen LogP contribution in [0, 0.1) is 0 Å². The highest BCUT2D eigenvalue weighted by Gasteiger charge is 2.08. The summed E-state index contributed by atoms with van der Waals surface area (Å²) in [5.41, 5.74) is 4.50. The number of nitrogens with one attached hydrogen (secondary N) is 1. The molecule has 0 bridgehead atoms. The summed E-state index contributed by atoms with van der Waals surface area (Å²) >= 11 is 0. The van der Waals surface area contributed by atoms with Gasteiger partial charge in [-0.1, -0.05) is 79.4 Å². The smallest absolute Gasteiger partial charge is 0.126 e. The van der Waals surface area contributed by atoms with Gasteiger partial charge in [-0.25, -0.2) is 0 Å². The molecule has 2 aromatic carbocycles. The predicted octanol–water partition coefficient (Wildman–Crippen LogP) is 5.97. The second-order valence-electron chi connectivity index (χ2n) is 5.45. The van der Waals surface area contributed by atoms with Crippen molar-refractivity contribution >= 4 is 17.3 Å². The maximum atomic E-state index is 5.52. The lowest BCUT2D eigenvalue weighted by Gasteiger charge is -2.15. The van der Waals surface area contributed by atoms with Crippen LogP contribution in [0.4, 0.5) is 5.69 Å². The molecule has 0 amide bonds. The molecule has 2 heteroatoms. The quantitative estimate of drug-likeness (QED) is 0.602. The van der Waals surface area contributed by atoms with Crippen molar-refractivity contribution in [1.82, 2.24) is 0 Å². The van der Waals surface area contributed by atoms with Gasteiger partial charge in [0.15, 0.2) is 0 Å². The van der Waals surface area contributed by atoms with Crippen molar-refractivity contribution in [3.05, 3.63) is 96.6 Å². The average molecular weight is 331 g/mol. The third kappa shape index (κ3) is 5.25. The zero-order chi connectivity index (χ0) is 17.9. The van der Waals surface area contributed by atoms with E-state index in [-0.39, 0.29) is 0 Å². The van der Waals surface area contributed by atoms with E-state index in [1.165, 1.54) is 5.56 Å². The summed E-state index contributed by atoms with van der Waals surface area (Å²) in [6, 6.07) is 16.3. The number of methoxy groups -OCH3 is 1. The molecule has 0 saturated carbocycles. The van der Waals surface area contributed by atoms with E-state index in [0.29, 0.717) is 6.54 Å². The van der Waals surface area contributed by atoms with E-state index < -0.39 is 0 Å². The van der Waals surface area contributed by atoms with Crippen molar-refractivity contribution in [3.63, 3.8) is 0 Å². The van der Waals surface area contributed by atoms with Crippen LogP contribution in [0.1, 0.15) is 18.1 Å². The Kier molecular flexibility index (Phi) is 7.33. The minimum absolute atomic E-state index is 0.691. The monoisotopic (exact) mass is 331 g/mol. The molecule has 0 heterocycles. The lowest BCUT2D eigenvalue weighted by molar-refractivity contribution is 0.413. The van der Waals surface area contributed by atoms with E-state index in [4.69, 9.17) is 4.74 Å². The Morgan fingerprint density at radius 2 is 1.84 bits per heavy atom.